The van der Waals surface area contributed by atoms with Crippen LogP contribution in [0.5, 0.6) is 0 Å². The Morgan fingerprint density at radius 1 is 1.19 bits per heavy atom. The fourth-order valence-corrected chi connectivity index (χ4v) is 4.91. The Kier molecular flexibility index (Phi) is 5.66. The maximum Gasteiger partial charge on any atom is 0.325 e. The van der Waals surface area contributed by atoms with E-state index in [1.165, 1.54) is 11.8 Å². The fourth-order valence-electron chi connectivity index (χ4n) is 4.48. The average molecular weight is 398 g/mol. The third kappa shape index (κ3) is 3.91. The van der Waals surface area contributed by atoms with Crippen LogP contribution in [0.3, 0.4) is 0 Å². The summed E-state index contributed by atoms with van der Waals surface area (Å²) in [5.74, 6) is 0.240. The molecule has 2 unspecified atom stereocenters. The topological polar surface area (TPSA) is 93.3 Å². The molecule has 9 nitrogen and oxygen atoms in total. The van der Waals surface area contributed by atoms with Crippen molar-refractivity contribution in [2.45, 2.75) is 0 Å². The minimum absolute atomic E-state index is 0.0498. The van der Waals surface area contributed by atoms with Crippen molar-refractivity contribution in [2.75, 3.05) is 71.9 Å². The van der Waals surface area contributed by atoms with Crippen LogP contribution in [0.2, 0.25) is 0 Å². The monoisotopic (exact) mass is 397 g/mol. The number of fused-ring (bicyclic) bond motifs is 1. The zero-order valence-corrected chi connectivity index (χ0v) is 16.9. The molecule has 0 aromatic carbocycles. The number of carbonyl (C=O) groups is 4. The van der Waals surface area contributed by atoms with Crippen molar-refractivity contribution in [1.29, 1.82) is 0 Å². The molecule has 5 amide bonds. The van der Waals surface area contributed by atoms with Gasteiger partial charge in [0.25, 0.3) is 5.91 Å². The molecule has 3 fully saturated rings. The zero-order valence-electron chi connectivity index (χ0n) is 16.1. The Morgan fingerprint density at radius 2 is 1.81 bits per heavy atom. The van der Waals surface area contributed by atoms with Gasteiger partial charge in [-0.15, -0.1) is 0 Å². The van der Waals surface area contributed by atoms with E-state index in [2.05, 4.69) is 10.2 Å². The van der Waals surface area contributed by atoms with E-state index in [1.54, 1.807) is 4.90 Å². The van der Waals surface area contributed by atoms with Gasteiger partial charge in [-0.2, -0.15) is 11.8 Å². The van der Waals surface area contributed by atoms with Crippen LogP contribution in [0.15, 0.2) is 0 Å². The lowest BCUT2D eigenvalue weighted by molar-refractivity contribution is -0.136. The van der Waals surface area contributed by atoms with Crippen molar-refractivity contribution in [3.63, 3.8) is 0 Å². The van der Waals surface area contributed by atoms with Crippen molar-refractivity contribution in [3.05, 3.63) is 0 Å². The van der Waals surface area contributed by atoms with Crippen LogP contribution in [0.25, 0.3) is 0 Å². The quantitative estimate of drug-likeness (QED) is 0.563. The molecule has 3 aliphatic heterocycles. The molecule has 150 valence electrons. The van der Waals surface area contributed by atoms with Crippen molar-refractivity contribution in [3.8, 4) is 0 Å². The van der Waals surface area contributed by atoms with Gasteiger partial charge >= 0.3 is 6.03 Å². The molecule has 0 aromatic rings. The number of rotatable bonds is 6. The number of hydrogen-bond donors (Lipinski definition) is 1. The van der Waals surface area contributed by atoms with Crippen LogP contribution < -0.4 is 5.32 Å². The Bertz CT molecular complexity index is 641. The maximum atomic E-state index is 12.7. The van der Waals surface area contributed by atoms with Gasteiger partial charge in [-0.1, -0.05) is 0 Å². The maximum absolute atomic E-state index is 12.7. The molecule has 3 rings (SSSR count). The highest BCUT2D eigenvalue weighted by molar-refractivity contribution is 7.99. The lowest BCUT2D eigenvalue weighted by Crippen LogP contribution is -2.46. The predicted octanol–water partition coefficient (Wildman–Crippen LogP) is -1.25. The number of carbonyl (C=O) groups excluding carboxylic acids is 4. The Labute approximate surface area is 163 Å². The van der Waals surface area contributed by atoms with Crippen molar-refractivity contribution < 1.29 is 19.2 Å². The van der Waals surface area contributed by atoms with E-state index in [4.69, 9.17) is 0 Å². The second-order valence-electron chi connectivity index (χ2n) is 7.92. The predicted molar refractivity (Wildman–Crippen MR) is 101 cm³/mol. The van der Waals surface area contributed by atoms with Gasteiger partial charge in [0.05, 0.1) is 12.3 Å². The summed E-state index contributed by atoms with van der Waals surface area (Å²) in [5, 5.41) is 2.43. The number of nitrogens with one attached hydrogen (secondary N) is 1. The molecule has 27 heavy (non-hydrogen) atoms. The van der Waals surface area contributed by atoms with Gasteiger partial charge in [-0.25, -0.2) is 4.79 Å². The largest absolute Gasteiger partial charge is 0.341 e. The molecule has 1 N–H and O–H groups in total. The molecule has 0 saturated carbocycles. The fraction of sp³-hybridized carbons (Fsp3) is 0.765. The third-order valence-electron chi connectivity index (χ3n) is 5.59. The molecule has 0 aromatic heterocycles. The third-order valence-corrected chi connectivity index (χ3v) is 6.13. The number of imide groups is 1. The highest BCUT2D eigenvalue weighted by Crippen LogP contribution is 2.43. The van der Waals surface area contributed by atoms with E-state index >= 15 is 0 Å². The van der Waals surface area contributed by atoms with Gasteiger partial charge < -0.3 is 20.0 Å². The van der Waals surface area contributed by atoms with E-state index in [9.17, 15) is 19.2 Å². The summed E-state index contributed by atoms with van der Waals surface area (Å²) in [5.41, 5.74) is -0.162. The number of hydrogen-bond acceptors (Lipinski definition) is 6. The first kappa shape index (κ1) is 19.9. The molecule has 0 bridgehead atoms. The summed E-state index contributed by atoms with van der Waals surface area (Å²) in [6, 6.07) is -0.510. The van der Waals surface area contributed by atoms with E-state index < -0.39 is 6.03 Å². The number of thioether (sulfide) groups is 1. The molecular formula is C17H27N5O4S. The summed E-state index contributed by atoms with van der Waals surface area (Å²) in [7, 11) is 3.99. The van der Waals surface area contributed by atoms with Crippen LogP contribution in [0, 0.1) is 11.3 Å². The van der Waals surface area contributed by atoms with E-state index in [-0.39, 0.29) is 42.1 Å². The summed E-state index contributed by atoms with van der Waals surface area (Å²) in [6.07, 6.45) is 1.92. The second-order valence-corrected chi connectivity index (χ2v) is 8.78. The lowest BCUT2D eigenvalue weighted by atomic mass is 9.80. The molecule has 10 heteroatoms. The van der Waals surface area contributed by atoms with Crippen LogP contribution in [-0.2, 0) is 14.4 Å². The molecule has 3 aliphatic rings. The van der Waals surface area contributed by atoms with Crippen LogP contribution in [0.4, 0.5) is 4.79 Å². The molecule has 3 heterocycles. The van der Waals surface area contributed by atoms with Gasteiger partial charge in [0.15, 0.2) is 0 Å². The van der Waals surface area contributed by atoms with Gasteiger partial charge in [-0.05, 0) is 20.4 Å². The first-order valence-corrected chi connectivity index (χ1v) is 10.4. The standard InChI is InChI=1S/C17H27N5O4S/c1-19(2)9-17-10-20(14(24)7-22-13(23)4-18-16(22)26)5-12(17)6-21(11-17)15(25)8-27-3/h12H,4-11H2,1-3H3,(H,18,26). The van der Waals surface area contributed by atoms with Crippen LogP contribution in [0.1, 0.15) is 0 Å². The molecule has 0 aliphatic carbocycles. The Hall–Kier alpha value is -1.81. The van der Waals surface area contributed by atoms with E-state index in [0.717, 1.165) is 11.4 Å². The van der Waals surface area contributed by atoms with E-state index in [0.29, 0.717) is 31.9 Å². The highest BCUT2D eigenvalue weighted by Gasteiger charge is 2.54. The number of likely N-dealkylation sites (tertiary alicyclic amines) is 2. The lowest BCUT2D eigenvalue weighted by Gasteiger charge is -2.32. The molecular weight excluding hydrogens is 370 g/mol. The summed E-state index contributed by atoms with van der Waals surface area (Å²) in [4.78, 5) is 55.2. The van der Waals surface area contributed by atoms with Crippen LogP contribution in [-0.4, -0.2) is 115 Å². The summed E-state index contributed by atoms with van der Waals surface area (Å²) < 4.78 is 0. The average Bonchev–Trinajstić information content (AvgIpc) is 3.19. The Balaban J connectivity index is 1.69. The van der Waals surface area contributed by atoms with Crippen molar-refractivity contribution >= 4 is 35.5 Å². The number of amides is 5. The minimum Gasteiger partial charge on any atom is -0.341 e. The Morgan fingerprint density at radius 3 is 2.33 bits per heavy atom. The first-order valence-electron chi connectivity index (χ1n) is 9.03. The van der Waals surface area contributed by atoms with Gasteiger partial charge in [0.2, 0.25) is 11.8 Å². The van der Waals surface area contributed by atoms with E-state index in [1.807, 2.05) is 25.3 Å². The second kappa shape index (κ2) is 7.67. The normalized spacial score (nSPS) is 27.6. The van der Waals surface area contributed by atoms with Crippen molar-refractivity contribution in [2.24, 2.45) is 11.3 Å². The molecule has 3 saturated heterocycles. The molecule has 0 spiro atoms. The van der Waals surface area contributed by atoms with Crippen molar-refractivity contribution in [1.82, 2.24) is 24.9 Å². The zero-order chi connectivity index (χ0) is 19.8. The summed E-state index contributed by atoms with van der Waals surface area (Å²) in [6.45, 7) is 2.91. The SMILES string of the molecule is CSCC(=O)N1CC2CN(C(=O)CN3C(=O)CNC3=O)CC2(CN(C)C)C1. The minimum atomic E-state index is -0.510. The van der Waals surface area contributed by atoms with Gasteiger partial charge in [0.1, 0.15) is 6.54 Å². The summed E-state index contributed by atoms with van der Waals surface area (Å²) >= 11 is 1.52. The first-order chi connectivity index (χ1) is 12.8. The highest BCUT2D eigenvalue weighted by atomic mass is 32.2. The van der Waals surface area contributed by atoms with Gasteiger partial charge in [-0.3, -0.25) is 19.3 Å². The number of nitrogens with zero attached hydrogens (tertiary/aromatic N) is 4. The molecule has 0 radical (unpaired) electrons. The smallest absolute Gasteiger partial charge is 0.325 e. The number of urea groups is 1. The van der Waals surface area contributed by atoms with Gasteiger partial charge in [0, 0.05) is 44.1 Å². The van der Waals surface area contributed by atoms with Crippen LogP contribution >= 0.6 is 11.8 Å². The molecule has 2 atom stereocenters.